The van der Waals surface area contributed by atoms with E-state index in [1.54, 1.807) is 0 Å². The molecule has 1 aromatic rings. The molecular weight excluding hydrogens is 324 g/mol. The summed E-state index contributed by atoms with van der Waals surface area (Å²) < 4.78 is 1.95. The van der Waals surface area contributed by atoms with Gasteiger partial charge in [0.15, 0.2) is 0 Å². The van der Waals surface area contributed by atoms with Crippen LogP contribution in [-0.4, -0.2) is 40.2 Å². The van der Waals surface area contributed by atoms with Crippen molar-refractivity contribution in [1.82, 2.24) is 20.0 Å². The summed E-state index contributed by atoms with van der Waals surface area (Å²) in [7, 11) is 3.96. The summed E-state index contributed by atoms with van der Waals surface area (Å²) >= 11 is 0. The molecule has 144 valence electrons. The highest BCUT2D eigenvalue weighted by molar-refractivity contribution is 5.79. The molecule has 1 saturated heterocycles. The maximum absolute atomic E-state index is 12.5. The van der Waals surface area contributed by atoms with Gasteiger partial charge in [-0.3, -0.25) is 9.48 Å². The van der Waals surface area contributed by atoms with Gasteiger partial charge in [-0.25, -0.2) is 0 Å². The summed E-state index contributed by atoms with van der Waals surface area (Å²) in [6.07, 6.45) is 9.02. The van der Waals surface area contributed by atoms with Crippen molar-refractivity contribution < 1.29 is 4.79 Å². The van der Waals surface area contributed by atoms with Gasteiger partial charge in [-0.05, 0) is 51.4 Å². The minimum atomic E-state index is 0.159. The lowest BCUT2D eigenvalue weighted by molar-refractivity contribution is -0.127. The highest BCUT2D eigenvalue weighted by Crippen LogP contribution is 2.44. The van der Waals surface area contributed by atoms with Crippen LogP contribution in [0.15, 0.2) is 0 Å². The monoisotopic (exact) mass is 358 g/mol. The first-order chi connectivity index (χ1) is 12.5. The van der Waals surface area contributed by atoms with Crippen molar-refractivity contribution in [2.45, 2.75) is 70.9 Å². The van der Waals surface area contributed by atoms with Crippen LogP contribution in [0, 0.1) is 31.6 Å². The zero-order valence-electron chi connectivity index (χ0n) is 16.8. The Morgan fingerprint density at radius 1 is 1.12 bits per heavy atom. The van der Waals surface area contributed by atoms with E-state index in [9.17, 15) is 4.79 Å². The Morgan fingerprint density at radius 3 is 2.54 bits per heavy atom. The SMILES string of the molecule is Cc1nn(C)c(C)c1[C@H]1[C@H](CN[C@H]2CCC[C@@H](C3CC3)C2)CC(=O)N1C. The molecule has 4 rings (SSSR count). The molecule has 1 amide bonds. The van der Waals surface area contributed by atoms with Crippen LogP contribution in [-0.2, 0) is 11.8 Å². The summed E-state index contributed by atoms with van der Waals surface area (Å²) in [4.78, 5) is 14.4. The standard InChI is InChI=1S/C21H34N4O/c1-13-20(14(2)25(4)23-13)21-17(11-19(26)24(21)3)12-22-18-7-5-6-16(10-18)15-8-9-15/h15-18,21-22H,5-12H2,1-4H3/t16-,17+,18+,21-/m1/s1. The maximum atomic E-state index is 12.5. The molecule has 5 nitrogen and oxygen atoms in total. The average molecular weight is 359 g/mol. The van der Waals surface area contributed by atoms with Crippen LogP contribution < -0.4 is 5.32 Å². The normalized spacial score (nSPS) is 32.5. The molecular formula is C21H34N4O. The molecule has 0 bridgehead atoms. The lowest BCUT2D eigenvalue weighted by atomic mass is 9.82. The smallest absolute Gasteiger partial charge is 0.223 e. The van der Waals surface area contributed by atoms with E-state index >= 15 is 0 Å². The molecule has 4 atom stereocenters. The number of nitrogens with one attached hydrogen (secondary N) is 1. The summed E-state index contributed by atoms with van der Waals surface area (Å²) in [5.74, 6) is 2.58. The maximum Gasteiger partial charge on any atom is 0.223 e. The predicted molar refractivity (Wildman–Crippen MR) is 103 cm³/mol. The van der Waals surface area contributed by atoms with E-state index < -0.39 is 0 Å². The van der Waals surface area contributed by atoms with Gasteiger partial charge in [0, 0.05) is 50.3 Å². The van der Waals surface area contributed by atoms with Gasteiger partial charge in [0.2, 0.25) is 5.91 Å². The summed E-state index contributed by atoms with van der Waals surface area (Å²) in [6, 6.07) is 0.804. The number of rotatable bonds is 5. The minimum Gasteiger partial charge on any atom is -0.338 e. The van der Waals surface area contributed by atoms with Gasteiger partial charge >= 0.3 is 0 Å². The van der Waals surface area contributed by atoms with Crippen molar-refractivity contribution >= 4 is 5.91 Å². The first-order valence-electron chi connectivity index (χ1n) is 10.4. The molecule has 3 fully saturated rings. The third-order valence-corrected chi connectivity index (χ3v) is 7.23. The summed E-state index contributed by atoms with van der Waals surface area (Å²) in [5, 5.41) is 8.45. The molecule has 1 aromatic heterocycles. The predicted octanol–water partition coefficient (Wildman–Crippen LogP) is 3.11. The van der Waals surface area contributed by atoms with E-state index in [4.69, 9.17) is 0 Å². The first kappa shape index (κ1) is 18.0. The lowest BCUT2D eigenvalue weighted by Crippen LogP contribution is -2.39. The third kappa shape index (κ3) is 3.30. The van der Waals surface area contributed by atoms with Crippen LogP contribution in [0.5, 0.6) is 0 Å². The molecule has 3 aliphatic rings. The number of aryl methyl sites for hydroxylation is 2. The Morgan fingerprint density at radius 2 is 1.88 bits per heavy atom. The number of hydrogen-bond acceptors (Lipinski definition) is 3. The van der Waals surface area contributed by atoms with Crippen LogP contribution in [0.2, 0.25) is 0 Å². The van der Waals surface area contributed by atoms with Gasteiger partial charge in [0.1, 0.15) is 0 Å². The van der Waals surface area contributed by atoms with E-state index in [0.717, 1.165) is 24.1 Å². The van der Waals surface area contributed by atoms with Crippen molar-refractivity contribution in [3.63, 3.8) is 0 Å². The van der Waals surface area contributed by atoms with Crippen LogP contribution in [0.4, 0.5) is 0 Å². The average Bonchev–Trinajstić information content (AvgIpc) is 3.39. The Hall–Kier alpha value is -1.36. The zero-order valence-corrected chi connectivity index (χ0v) is 16.8. The second kappa shape index (κ2) is 6.99. The fourth-order valence-electron chi connectivity index (χ4n) is 5.51. The Balaban J connectivity index is 1.45. The molecule has 0 spiro atoms. The van der Waals surface area contributed by atoms with Crippen LogP contribution in [0.25, 0.3) is 0 Å². The Kier molecular flexibility index (Phi) is 4.84. The Labute approximate surface area is 157 Å². The van der Waals surface area contributed by atoms with Crippen LogP contribution >= 0.6 is 0 Å². The second-order valence-corrected chi connectivity index (χ2v) is 8.99. The molecule has 5 heteroatoms. The molecule has 26 heavy (non-hydrogen) atoms. The highest BCUT2D eigenvalue weighted by atomic mass is 16.2. The first-order valence-corrected chi connectivity index (χ1v) is 10.4. The lowest BCUT2D eigenvalue weighted by Gasteiger charge is -2.32. The number of likely N-dealkylation sites (tertiary alicyclic amines) is 1. The molecule has 2 aliphatic carbocycles. The molecule has 0 radical (unpaired) electrons. The van der Waals surface area contributed by atoms with Crippen molar-refractivity contribution in [2.24, 2.45) is 24.8 Å². The van der Waals surface area contributed by atoms with Crippen LogP contribution in [0.1, 0.15) is 67.9 Å². The highest BCUT2D eigenvalue weighted by Gasteiger charge is 2.41. The zero-order chi connectivity index (χ0) is 18.4. The fourth-order valence-corrected chi connectivity index (χ4v) is 5.51. The number of amides is 1. The van der Waals surface area contributed by atoms with Gasteiger partial charge in [0.25, 0.3) is 0 Å². The molecule has 0 unspecified atom stereocenters. The van der Waals surface area contributed by atoms with Gasteiger partial charge in [0.05, 0.1) is 11.7 Å². The van der Waals surface area contributed by atoms with Gasteiger partial charge < -0.3 is 10.2 Å². The number of carbonyl (C=O) groups is 1. The molecule has 2 heterocycles. The van der Waals surface area contributed by atoms with Gasteiger partial charge in [-0.2, -0.15) is 5.10 Å². The van der Waals surface area contributed by atoms with Gasteiger partial charge in [-0.15, -0.1) is 0 Å². The van der Waals surface area contributed by atoms with E-state index in [-0.39, 0.29) is 11.9 Å². The van der Waals surface area contributed by atoms with Crippen molar-refractivity contribution in [3.05, 3.63) is 17.0 Å². The summed E-state index contributed by atoms with van der Waals surface area (Å²) in [6.45, 7) is 5.14. The quantitative estimate of drug-likeness (QED) is 0.880. The van der Waals surface area contributed by atoms with E-state index in [1.807, 2.05) is 23.7 Å². The van der Waals surface area contributed by atoms with Gasteiger partial charge in [-0.1, -0.05) is 12.8 Å². The largest absolute Gasteiger partial charge is 0.338 e. The molecule has 2 saturated carbocycles. The Bertz CT molecular complexity index is 678. The summed E-state index contributed by atoms with van der Waals surface area (Å²) in [5.41, 5.74) is 3.51. The molecule has 1 aliphatic heterocycles. The van der Waals surface area contributed by atoms with Crippen molar-refractivity contribution in [2.75, 3.05) is 13.6 Å². The fraction of sp³-hybridized carbons (Fsp3) is 0.810. The van der Waals surface area contributed by atoms with E-state index in [1.165, 1.54) is 49.8 Å². The van der Waals surface area contributed by atoms with Crippen LogP contribution in [0.3, 0.4) is 0 Å². The number of nitrogens with zero attached hydrogens (tertiary/aromatic N) is 3. The third-order valence-electron chi connectivity index (χ3n) is 7.23. The number of carbonyl (C=O) groups excluding carboxylic acids is 1. The molecule has 0 aromatic carbocycles. The number of aromatic nitrogens is 2. The second-order valence-electron chi connectivity index (χ2n) is 8.99. The topological polar surface area (TPSA) is 50.2 Å². The molecule has 1 N–H and O–H groups in total. The van der Waals surface area contributed by atoms with E-state index in [0.29, 0.717) is 18.4 Å². The van der Waals surface area contributed by atoms with Crippen molar-refractivity contribution in [3.8, 4) is 0 Å². The number of hydrogen-bond donors (Lipinski definition) is 1. The van der Waals surface area contributed by atoms with E-state index in [2.05, 4.69) is 24.3 Å². The minimum absolute atomic E-state index is 0.159. The van der Waals surface area contributed by atoms with Crippen molar-refractivity contribution in [1.29, 1.82) is 0 Å².